The van der Waals surface area contributed by atoms with Crippen molar-refractivity contribution in [2.45, 2.75) is 13.3 Å². The molecule has 0 spiro atoms. The minimum atomic E-state index is -0.526. The Morgan fingerprint density at radius 3 is 2.52 bits per heavy atom. The molecule has 2 aromatic carbocycles. The first kappa shape index (κ1) is 18.3. The number of hydrogen-bond donors (Lipinski definition) is 2. The second kappa shape index (κ2) is 8.74. The number of nitro benzene ring substituents is 1. The van der Waals surface area contributed by atoms with E-state index >= 15 is 0 Å². The summed E-state index contributed by atoms with van der Waals surface area (Å²) in [6, 6.07) is 12.7. The van der Waals surface area contributed by atoms with Crippen LogP contribution in [-0.2, 0) is 0 Å². The minimum Gasteiger partial charge on any atom is -0.494 e. The van der Waals surface area contributed by atoms with Gasteiger partial charge in [-0.25, -0.2) is 0 Å². The Morgan fingerprint density at radius 2 is 1.88 bits per heavy atom. The van der Waals surface area contributed by atoms with E-state index in [2.05, 4.69) is 10.6 Å². The van der Waals surface area contributed by atoms with E-state index in [9.17, 15) is 14.9 Å². The van der Waals surface area contributed by atoms with Crippen molar-refractivity contribution in [1.29, 1.82) is 0 Å². The van der Waals surface area contributed by atoms with E-state index in [4.69, 9.17) is 17.0 Å². The zero-order valence-electron chi connectivity index (χ0n) is 13.5. The van der Waals surface area contributed by atoms with E-state index in [0.717, 1.165) is 6.42 Å². The first-order chi connectivity index (χ1) is 12.0. The summed E-state index contributed by atoms with van der Waals surface area (Å²) >= 11 is 5.05. The summed E-state index contributed by atoms with van der Waals surface area (Å²) in [7, 11) is 0. The maximum Gasteiger partial charge on any atom is 0.292 e. The van der Waals surface area contributed by atoms with Crippen molar-refractivity contribution in [2.75, 3.05) is 11.9 Å². The van der Waals surface area contributed by atoms with Crippen LogP contribution in [0.3, 0.4) is 0 Å². The predicted molar refractivity (Wildman–Crippen MR) is 99.0 cm³/mol. The van der Waals surface area contributed by atoms with Gasteiger partial charge in [0, 0.05) is 11.6 Å². The van der Waals surface area contributed by atoms with E-state index in [1.807, 2.05) is 6.92 Å². The Morgan fingerprint density at radius 1 is 1.20 bits per heavy atom. The Balaban J connectivity index is 1.98. The summed E-state index contributed by atoms with van der Waals surface area (Å²) in [5, 5.41) is 16.1. The van der Waals surface area contributed by atoms with Crippen LogP contribution in [0, 0.1) is 10.1 Å². The molecule has 0 aliphatic rings. The van der Waals surface area contributed by atoms with Crippen molar-refractivity contribution in [3.05, 3.63) is 64.2 Å². The standard InChI is InChI=1S/C17H17N3O4S/c1-2-11-24-13-9-7-12(8-10-13)16(21)19-17(25)18-14-5-3-4-6-15(14)20(22)23/h3-10H,2,11H2,1H3,(H2,18,19,21,25). The summed E-state index contributed by atoms with van der Waals surface area (Å²) in [4.78, 5) is 22.6. The number of ether oxygens (including phenoxy) is 1. The molecule has 2 N–H and O–H groups in total. The molecule has 0 bridgehead atoms. The summed E-state index contributed by atoms with van der Waals surface area (Å²) < 4.78 is 5.45. The lowest BCUT2D eigenvalue weighted by Crippen LogP contribution is -2.34. The monoisotopic (exact) mass is 359 g/mol. The summed E-state index contributed by atoms with van der Waals surface area (Å²) in [5.74, 6) is 0.261. The van der Waals surface area contributed by atoms with Gasteiger partial charge in [-0.05, 0) is 49.0 Å². The lowest BCUT2D eigenvalue weighted by Gasteiger charge is -2.10. The van der Waals surface area contributed by atoms with Gasteiger partial charge in [0.15, 0.2) is 5.11 Å². The van der Waals surface area contributed by atoms with Crippen LogP contribution in [0.25, 0.3) is 0 Å². The third-order valence-electron chi connectivity index (χ3n) is 3.17. The number of thiocarbonyl (C=S) groups is 1. The van der Waals surface area contributed by atoms with Gasteiger partial charge in [0.2, 0.25) is 0 Å². The molecule has 1 amide bonds. The molecule has 2 rings (SSSR count). The van der Waals surface area contributed by atoms with Gasteiger partial charge < -0.3 is 10.1 Å². The Labute approximate surface area is 150 Å². The van der Waals surface area contributed by atoms with E-state index in [1.165, 1.54) is 12.1 Å². The minimum absolute atomic E-state index is 0.0226. The number of carbonyl (C=O) groups is 1. The molecule has 0 saturated heterocycles. The predicted octanol–water partition coefficient (Wildman–Crippen LogP) is 3.51. The topological polar surface area (TPSA) is 93.5 Å². The fourth-order valence-corrected chi connectivity index (χ4v) is 2.19. The molecule has 0 aliphatic carbocycles. The molecule has 0 aromatic heterocycles. The average molecular weight is 359 g/mol. The van der Waals surface area contributed by atoms with Crippen molar-refractivity contribution >= 4 is 34.6 Å². The molecular formula is C17H17N3O4S. The van der Waals surface area contributed by atoms with Gasteiger partial charge in [-0.1, -0.05) is 19.1 Å². The highest BCUT2D eigenvalue weighted by Gasteiger charge is 2.14. The molecule has 0 heterocycles. The highest BCUT2D eigenvalue weighted by Crippen LogP contribution is 2.23. The van der Waals surface area contributed by atoms with Crippen LogP contribution in [0.1, 0.15) is 23.7 Å². The molecule has 8 heteroatoms. The molecule has 25 heavy (non-hydrogen) atoms. The molecule has 130 valence electrons. The second-order valence-electron chi connectivity index (χ2n) is 5.06. The van der Waals surface area contributed by atoms with Crippen molar-refractivity contribution < 1.29 is 14.5 Å². The average Bonchev–Trinajstić information content (AvgIpc) is 2.60. The third kappa shape index (κ3) is 5.25. The van der Waals surface area contributed by atoms with Gasteiger partial charge in [0.25, 0.3) is 11.6 Å². The Bertz CT molecular complexity index is 778. The first-order valence-corrected chi connectivity index (χ1v) is 8.00. The normalized spacial score (nSPS) is 9.96. The maximum atomic E-state index is 12.2. The number of amides is 1. The number of rotatable bonds is 6. The zero-order valence-corrected chi connectivity index (χ0v) is 14.3. The van der Waals surface area contributed by atoms with Crippen LogP contribution in [0.2, 0.25) is 0 Å². The van der Waals surface area contributed by atoms with Crippen molar-refractivity contribution in [3.63, 3.8) is 0 Å². The van der Waals surface area contributed by atoms with Gasteiger partial charge in [0.1, 0.15) is 11.4 Å². The molecule has 0 saturated carbocycles. The summed E-state index contributed by atoms with van der Waals surface area (Å²) in [5.41, 5.74) is 0.480. The largest absolute Gasteiger partial charge is 0.494 e. The third-order valence-corrected chi connectivity index (χ3v) is 3.37. The van der Waals surface area contributed by atoms with E-state index in [1.54, 1.807) is 36.4 Å². The van der Waals surface area contributed by atoms with Crippen molar-refractivity contribution in [3.8, 4) is 5.75 Å². The fraction of sp³-hybridized carbons (Fsp3) is 0.176. The van der Waals surface area contributed by atoms with Crippen LogP contribution in [0.5, 0.6) is 5.75 Å². The van der Waals surface area contributed by atoms with E-state index in [0.29, 0.717) is 17.9 Å². The fourth-order valence-electron chi connectivity index (χ4n) is 1.99. The number of benzene rings is 2. The smallest absolute Gasteiger partial charge is 0.292 e. The molecule has 2 aromatic rings. The number of carbonyl (C=O) groups excluding carboxylic acids is 1. The molecule has 0 unspecified atom stereocenters. The second-order valence-corrected chi connectivity index (χ2v) is 5.46. The number of nitrogens with one attached hydrogen (secondary N) is 2. The maximum absolute atomic E-state index is 12.2. The highest BCUT2D eigenvalue weighted by molar-refractivity contribution is 7.80. The molecule has 0 atom stereocenters. The summed E-state index contributed by atoms with van der Waals surface area (Å²) in [6.07, 6.45) is 0.897. The Hall–Kier alpha value is -3.00. The highest BCUT2D eigenvalue weighted by atomic mass is 32.1. The molecule has 7 nitrogen and oxygen atoms in total. The number of nitro groups is 1. The van der Waals surface area contributed by atoms with Crippen LogP contribution in [0.4, 0.5) is 11.4 Å². The zero-order chi connectivity index (χ0) is 18.2. The Kier molecular flexibility index (Phi) is 6.41. The molecular weight excluding hydrogens is 342 g/mol. The van der Waals surface area contributed by atoms with Gasteiger partial charge >= 0.3 is 0 Å². The lowest BCUT2D eigenvalue weighted by atomic mass is 10.2. The number of nitrogens with zero attached hydrogens (tertiary/aromatic N) is 1. The summed E-state index contributed by atoms with van der Waals surface area (Å²) in [6.45, 7) is 2.61. The van der Waals surface area contributed by atoms with Gasteiger partial charge in [0.05, 0.1) is 11.5 Å². The first-order valence-electron chi connectivity index (χ1n) is 7.60. The van der Waals surface area contributed by atoms with Crippen LogP contribution in [0.15, 0.2) is 48.5 Å². The van der Waals surface area contributed by atoms with E-state index < -0.39 is 10.8 Å². The van der Waals surface area contributed by atoms with Crippen molar-refractivity contribution in [2.24, 2.45) is 0 Å². The van der Waals surface area contributed by atoms with Crippen LogP contribution < -0.4 is 15.4 Å². The van der Waals surface area contributed by atoms with Gasteiger partial charge in [-0.15, -0.1) is 0 Å². The molecule has 0 radical (unpaired) electrons. The molecule has 0 aliphatic heterocycles. The number of hydrogen-bond acceptors (Lipinski definition) is 5. The van der Waals surface area contributed by atoms with Gasteiger partial charge in [-0.2, -0.15) is 0 Å². The van der Waals surface area contributed by atoms with Crippen LogP contribution in [-0.4, -0.2) is 22.5 Å². The van der Waals surface area contributed by atoms with Crippen LogP contribution >= 0.6 is 12.2 Å². The molecule has 0 fully saturated rings. The quantitative estimate of drug-likeness (QED) is 0.466. The van der Waals surface area contributed by atoms with Crippen molar-refractivity contribution in [1.82, 2.24) is 5.32 Å². The number of para-hydroxylation sites is 2. The lowest BCUT2D eigenvalue weighted by molar-refractivity contribution is -0.383. The van der Waals surface area contributed by atoms with Gasteiger partial charge in [-0.3, -0.25) is 20.2 Å². The SMILES string of the molecule is CCCOc1ccc(C(=O)NC(=S)Nc2ccccc2[N+](=O)[O-])cc1. The number of anilines is 1. The van der Waals surface area contributed by atoms with E-state index in [-0.39, 0.29) is 16.5 Å².